The summed E-state index contributed by atoms with van der Waals surface area (Å²) in [6, 6.07) is 3.70. The monoisotopic (exact) mass is 188 g/mol. The number of rotatable bonds is 2. The van der Waals surface area contributed by atoms with E-state index in [-0.39, 0.29) is 11.7 Å². The molecule has 0 bridgehead atoms. The zero-order chi connectivity index (χ0) is 10.1. The first-order valence-corrected chi connectivity index (χ1v) is 4.64. The molecule has 2 aromatic rings. The number of Topliss-reactive ketones (excluding diaryl/α,β-unsaturated/α-hetero) is 1. The SMILES string of the molecule is CC(C)C(=O)c1ccn2cncc2c1. The van der Waals surface area contributed by atoms with Gasteiger partial charge in [0, 0.05) is 17.7 Å². The van der Waals surface area contributed by atoms with E-state index in [2.05, 4.69) is 4.98 Å². The third kappa shape index (κ3) is 1.41. The molecule has 0 saturated heterocycles. The first-order chi connectivity index (χ1) is 6.68. The summed E-state index contributed by atoms with van der Waals surface area (Å²) < 4.78 is 1.89. The number of hydrogen-bond donors (Lipinski definition) is 0. The summed E-state index contributed by atoms with van der Waals surface area (Å²) in [4.78, 5) is 15.7. The molecule has 3 heteroatoms. The van der Waals surface area contributed by atoms with Crippen LogP contribution in [0.4, 0.5) is 0 Å². The minimum Gasteiger partial charge on any atom is -0.306 e. The van der Waals surface area contributed by atoms with E-state index in [0.29, 0.717) is 0 Å². The molecule has 0 aliphatic carbocycles. The van der Waals surface area contributed by atoms with E-state index in [1.807, 2.05) is 36.6 Å². The first-order valence-electron chi connectivity index (χ1n) is 4.64. The van der Waals surface area contributed by atoms with Gasteiger partial charge in [-0.1, -0.05) is 13.8 Å². The van der Waals surface area contributed by atoms with E-state index in [1.165, 1.54) is 0 Å². The molecule has 0 spiro atoms. The largest absolute Gasteiger partial charge is 0.306 e. The summed E-state index contributed by atoms with van der Waals surface area (Å²) in [5.41, 5.74) is 1.71. The van der Waals surface area contributed by atoms with Crippen LogP contribution in [-0.4, -0.2) is 15.2 Å². The Balaban J connectivity index is 2.48. The van der Waals surface area contributed by atoms with Gasteiger partial charge in [-0.3, -0.25) is 4.79 Å². The number of nitrogens with zero attached hydrogens (tertiary/aromatic N) is 2. The minimum absolute atomic E-state index is 0.0420. The molecule has 0 N–H and O–H groups in total. The zero-order valence-corrected chi connectivity index (χ0v) is 8.27. The lowest BCUT2D eigenvalue weighted by Crippen LogP contribution is -2.07. The van der Waals surface area contributed by atoms with Crippen LogP contribution >= 0.6 is 0 Å². The van der Waals surface area contributed by atoms with E-state index in [9.17, 15) is 4.79 Å². The summed E-state index contributed by atoms with van der Waals surface area (Å²) in [6.45, 7) is 3.81. The van der Waals surface area contributed by atoms with Crippen LogP contribution < -0.4 is 0 Å². The molecule has 0 unspecified atom stereocenters. The van der Waals surface area contributed by atoms with Gasteiger partial charge in [-0.2, -0.15) is 0 Å². The first kappa shape index (κ1) is 8.94. The maximum atomic E-state index is 11.7. The number of fused-ring (bicyclic) bond motifs is 1. The third-order valence-corrected chi connectivity index (χ3v) is 2.22. The van der Waals surface area contributed by atoms with Crippen LogP contribution in [-0.2, 0) is 0 Å². The van der Waals surface area contributed by atoms with Crippen molar-refractivity contribution < 1.29 is 4.79 Å². The second-order valence-corrected chi connectivity index (χ2v) is 3.66. The van der Waals surface area contributed by atoms with Crippen LogP contribution in [0.5, 0.6) is 0 Å². The van der Waals surface area contributed by atoms with Crippen molar-refractivity contribution in [3.05, 3.63) is 36.4 Å². The minimum atomic E-state index is 0.0420. The lowest BCUT2D eigenvalue weighted by atomic mass is 10.0. The Kier molecular flexibility index (Phi) is 2.08. The molecule has 14 heavy (non-hydrogen) atoms. The molecule has 2 aromatic heterocycles. The molecule has 2 heterocycles. The van der Waals surface area contributed by atoms with Gasteiger partial charge in [-0.05, 0) is 12.1 Å². The van der Waals surface area contributed by atoms with E-state index in [1.54, 1.807) is 12.5 Å². The second kappa shape index (κ2) is 3.25. The summed E-state index contributed by atoms with van der Waals surface area (Å²) in [6.07, 6.45) is 5.33. The molecule has 0 radical (unpaired) electrons. The van der Waals surface area contributed by atoms with E-state index in [0.717, 1.165) is 11.1 Å². The van der Waals surface area contributed by atoms with Crippen molar-refractivity contribution in [2.45, 2.75) is 13.8 Å². The lowest BCUT2D eigenvalue weighted by Gasteiger charge is -2.04. The second-order valence-electron chi connectivity index (χ2n) is 3.66. The number of ketones is 1. The Hall–Kier alpha value is -1.64. The molecule has 72 valence electrons. The highest BCUT2D eigenvalue weighted by Crippen LogP contribution is 2.11. The Morgan fingerprint density at radius 3 is 3.00 bits per heavy atom. The van der Waals surface area contributed by atoms with Crippen LogP contribution in [0.2, 0.25) is 0 Å². The smallest absolute Gasteiger partial charge is 0.165 e. The van der Waals surface area contributed by atoms with E-state index in [4.69, 9.17) is 0 Å². The van der Waals surface area contributed by atoms with Crippen molar-refractivity contribution in [3.8, 4) is 0 Å². The van der Waals surface area contributed by atoms with Crippen molar-refractivity contribution in [1.82, 2.24) is 9.38 Å². The standard InChI is InChI=1S/C11H12N2O/c1-8(2)11(14)9-3-4-13-7-12-6-10(13)5-9/h3-8H,1-2H3. The molecule has 2 rings (SSSR count). The highest BCUT2D eigenvalue weighted by atomic mass is 16.1. The summed E-state index contributed by atoms with van der Waals surface area (Å²) >= 11 is 0. The van der Waals surface area contributed by atoms with Crippen molar-refractivity contribution in [2.24, 2.45) is 5.92 Å². The number of aromatic nitrogens is 2. The van der Waals surface area contributed by atoms with E-state index < -0.39 is 0 Å². The van der Waals surface area contributed by atoms with E-state index >= 15 is 0 Å². The van der Waals surface area contributed by atoms with Gasteiger partial charge < -0.3 is 4.40 Å². The zero-order valence-electron chi connectivity index (χ0n) is 8.27. The lowest BCUT2D eigenvalue weighted by molar-refractivity contribution is 0.0939. The maximum Gasteiger partial charge on any atom is 0.165 e. The van der Waals surface area contributed by atoms with Gasteiger partial charge in [0.15, 0.2) is 5.78 Å². The molecule has 3 nitrogen and oxygen atoms in total. The van der Waals surface area contributed by atoms with Gasteiger partial charge in [0.1, 0.15) is 0 Å². The van der Waals surface area contributed by atoms with Gasteiger partial charge in [-0.15, -0.1) is 0 Å². The average Bonchev–Trinajstić information content (AvgIpc) is 2.62. The van der Waals surface area contributed by atoms with Crippen LogP contribution in [0, 0.1) is 5.92 Å². The van der Waals surface area contributed by atoms with Gasteiger partial charge in [0.05, 0.1) is 18.0 Å². The predicted molar refractivity (Wildman–Crippen MR) is 54.4 cm³/mol. The number of carbonyl (C=O) groups excluding carboxylic acids is 1. The molecule has 0 aliphatic heterocycles. The van der Waals surface area contributed by atoms with Crippen LogP contribution in [0.15, 0.2) is 30.9 Å². The molecular formula is C11H12N2O. The maximum absolute atomic E-state index is 11.7. The van der Waals surface area contributed by atoms with Crippen molar-refractivity contribution in [3.63, 3.8) is 0 Å². The molecule has 0 aromatic carbocycles. The Bertz CT molecular complexity index is 471. The van der Waals surface area contributed by atoms with Gasteiger partial charge in [-0.25, -0.2) is 4.98 Å². The topological polar surface area (TPSA) is 34.4 Å². The summed E-state index contributed by atoms with van der Waals surface area (Å²) in [5, 5.41) is 0. The normalized spacial score (nSPS) is 11.1. The van der Waals surface area contributed by atoms with Crippen molar-refractivity contribution in [2.75, 3.05) is 0 Å². The summed E-state index contributed by atoms with van der Waals surface area (Å²) in [5.74, 6) is 0.217. The average molecular weight is 188 g/mol. The molecule has 0 saturated carbocycles. The van der Waals surface area contributed by atoms with Gasteiger partial charge in [0.2, 0.25) is 0 Å². The number of pyridine rings is 1. The van der Waals surface area contributed by atoms with Gasteiger partial charge >= 0.3 is 0 Å². The molecular weight excluding hydrogens is 176 g/mol. The number of imidazole rings is 1. The Morgan fingerprint density at radius 1 is 1.50 bits per heavy atom. The number of hydrogen-bond acceptors (Lipinski definition) is 2. The van der Waals surface area contributed by atoms with Crippen LogP contribution in [0.25, 0.3) is 5.52 Å². The Labute approximate surface area is 82.4 Å². The Morgan fingerprint density at radius 2 is 2.29 bits per heavy atom. The molecule has 0 aliphatic rings. The summed E-state index contributed by atoms with van der Waals surface area (Å²) in [7, 11) is 0. The van der Waals surface area contributed by atoms with Gasteiger partial charge in [0.25, 0.3) is 0 Å². The highest BCUT2D eigenvalue weighted by Gasteiger charge is 2.10. The van der Waals surface area contributed by atoms with Crippen molar-refractivity contribution in [1.29, 1.82) is 0 Å². The number of carbonyl (C=O) groups is 1. The molecule has 0 fully saturated rings. The fourth-order valence-electron chi connectivity index (χ4n) is 1.41. The third-order valence-electron chi connectivity index (χ3n) is 2.22. The molecule has 0 atom stereocenters. The quantitative estimate of drug-likeness (QED) is 0.677. The molecule has 0 amide bonds. The van der Waals surface area contributed by atoms with Crippen LogP contribution in [0.3, 0.4) is 0 Å². The fourth-order valence-corrected chi connectivity index (χ4v) is 1.41. The highest BCUT2D eigenvalue weighted by molar-refractivity contribution is 5.98. The predicted octanol–water partition coefficient (Wildman–Crippen LogP) is 2.17. The fraction of sp³-hybridized carbons (Fsp3) is 0.273. The van der Waals surface area contributed by atoms with Crippen molar-refractivity contribution >= 4 is 11.3 Å². The van der Waals surface area contributed by atoms with Crippen LogP contribution in [0.1, 0.15) is 24.2 Å².